The molecular formula is C18H20BrNO5. The summed E-state index contributed by atoms with van der Waals surface area (Å²) in [4.78, 5) is 16.4. The second kappa shape index (κ2) is 8.71. The molecule has 1 aromatic carbocycles. The van der Waals surface area contributed by atoms with Crippen LogP contribution in [0.15, 0.2) is 24.3 Å². The lowest BCUT2D eigenvalue weighted by Crippen LogP contribution is -2.09. The van der Waals surface area contributed by atoms with Gasteiger partial charge in [-0.25, -0.2) is 9.78 Å². The Morgan fingerprint density at radius 2 is 1.68 bits per heavy atom. The predicted molar refractivity (Wildman–Crippen MR) is 97.9 cm³/mol. The molecule has 0 saturated heterocycles. The Morgan fingerprint density at radius 3 is 2.16 bits per heavy atom. The number of methoxy groups -OCH3 is 3. The molecule has 0 radical (unpaired) electrons. The van der Waals surface area contributed by atoms with Gasteiger partial charge in [-0.15, -0.1) is 0 Å². The van der Waals surface area contributed by atoms with Gasteiger partial charge in [0.25, 0.3) is 0 Å². The van der Waals surface area contributed by atoms with Crippen LogP contribution in [0, 0.1) is 0 Å². The molecule has 0 unspecified atom stereocenters. The number of rotatable bonds is 7. The van der Waals surface area contributed by atoms with Crippen LogP contribution in [0.25, 0.3) is 11.1 Å². The van der Waals surface area contributed by atoms with E-state index in [9.17, 15) is 4.79 Å². The van der Waals surface area contributed by atoms with Crippen molar-refractivity contribution in [2.24, 2.45) is 0 Å². The Hall–Kier alpha value is -2.28. The topological polar surface area (TPSA) is 66.9 Å². The van der Waals surface area contributed by atoms with Crippen molar-refractivity contribution in [3.8, 4) is 28.4 Å². The van der Waals surface area contributed by atoms with E-state index in [-0.39, 0.29) is 12.3 Å². The van der Waals surface area contributed by atoms with Crippen molar-refractivity contribution in [3.05, 3.63) is 35.7 Å². The van der Waals surface area contributed by atoms with Crippen molar-refractivity contribution in [2.45, 2.75) is 12.3 Å². The Labute approximate surface area is 155 Å². The molecule has 0 fully saturated rings. The smallest absolute Gasteiger partial charge is 0.356 e. The van der Waals surface area contributed by atoms with Gasteiger partial charge in [0.05, 0.1) is 39.2 Å². The Balaban J connectivity index is 2.68. The first-order chi connectivity index (χ1) is 12.1. The highest BCUT2D eigenvalue weighted by Gasteiger charge is 2.19. The van der Waals surface area contributed by atoms with E-state index in [0.717, 1.165) is 5.56 Å². The molecule has 0 N–H and O–H groups in total. The van der Waals surface area contributed by atoms with E-state index < -0.39 is 5.97 Å². The van der Waals surface area contributed by atoms with Crippen molar-refractivity contribution in [1.82, 2.24) is 4.98 Å². The van der Waals surface area contributed by atoms with Crippen LogP contribution in [0.1, 0.15) is 23.1 Å². The molecule has 0 aliphatic heterocycles. The number of alkyl halides is 1. The van der Waals surface area contributed by atoms with Crippen molar-refractivity contribution in [1.29, 1.82) is 0 Å². The lowest BCUT2D eigenvalue weighted by molar-refractivity contribution is 0.0519. The van der Waals surface area contributed by atoms with Gasteiger partial charge >= 0.3 is 5.97 Å². The summed E-state index contributed by atoms with van der Waals surface area (Å²) in [7, 11) is 4.70. The highest BCUT2D eigenvalue weighted by Crippen LogP contribution is 2.42. The van der Waals surface area contributed by atoms with Crippen LogP contribution in [0.4, 0.5) is 0 Å². The number of hydrogen-bond donors (Lipinski definition) is 0. The first kappa shape index (κ1) is 19.1. The van der Waals surface area contributed by atoms with Gasteiger partial charge < -0.3 is 18.9 Å². The summed E-state index contributed by atoms with van der Waals surface area (Å²) in [5, 5.41) is 0.494. The molecule has 0 amide bonds. The summed E-state index contributed by atoms with van der Waals surface area (Å²) in [6, 6.07) is 7.05. The van der Waals surface area contributed by atoms with Gasteiger partial charge in [-0.3, -0.25) is 0 Å². The number of pyridine rings is 1. The van der Waals surface area contributed by atoms with E-state index in [1.54, 1.807) is 46.5 Å². The number of halogens is 1. The maximum Gasteiger partial charge on any atom is 0.356 e. The fraction of sp³-hybridized carbons (Fsp3) is 0.333. The van der Waals surface area contributed by atoms with E-state index >= 15 is 0 Å². The quantitative estimate of drug-likeness (QED) is 0.511. The summed E-state index contributed by atoms with van der Waals surface area (Å²) in [6.45, 7) is 2.03. The molecule has 2 rings (SSSR count). The number of carbonyl (C=O) groups excluding carboxylic acids is 1. The number of nitrogens with zero attached hydrogens (tertiary/aromatic N) is 1. The van der Waals surface area contributed by atoms with Gasteiger partial charge in [0, 0.05) is 17.5 Å². The third-order valence-corrected chi connectivity index (χ3v) is 4.08. The largest absolute Gasteiger partial charge is 0.496 e. The standard InChI is InChI=1S/C18H20BrNO5/c1-5-25-18(21)14-7-11(6-12(10-19)20-14)17-15(23-3)8-13(22-2)9-16(17)24-4/h6-9H,5,10H2,1-4H3. The van der Waals surface area contributed by atoms with Crippen molar-refractivity contribution >= 4 is 21.9 Å². The molecule has 0 aliphatic carbocycles. The van der Waals surface area contributed by atoms with Crippen LogP contribution in [0.3, 0.4) is 0 Å². The van der Waals surface area contributed by atoms with Crippen LogP contribution in [-0.2, 0) is 10.1 Å². The van der Waals surface area contributed by atoms with Crippen LogP contribution in [0.5, 0.6) is 17.2 Å². The minimum atomic E-state index is -0.474. The monoisotopic (exact) mass is 409 g/mol. The molecule has 134 valence electrons. The molecule has 7 heteroatoms. The Bertz CT molecular complexity index is 738. The molecule has 6 nitrogen and oxygen atoms in total. The minimum Gasteiger partial charge on any atom is -0.496 e. The third-order valence-electron chi connectivity index (χ3n) is 3.50. The lowest BCUT2D eigenvalue weighted by Gasteiger charge is -2.16. The van der Waals surface area contributed by atoms with Crippen LogP contribution in [0.2, 0.25) is 0 Å². The summed E-state index contributed by atoms with van der Waals surface area (Å²) in [5.41, 5.74) is 2.37. The minimum absolute atomic E-state index is 0.230. The molecule has 0 saturated carbocycles. The van der Waals surface area contributed by atoms with E-state index in [1.807, 2.05) is 6.07 Å². The molecular weight excluding hydrogens is 390 g/mol. The molecule has 0 aliphatic rings. The molecule has 0 bridgehead atoms. The average molecular weight is 410 g/mol. The van der Waals surface area contributed by atoms with Crippen molar-refractivity contribution in [3.63, 3.8) is 0 Å². The van der Waals surface area contributed by atoms with E-state index in [2.05, 4.69) is 20.9 Å². The summed E-state index contributed by atoms with van der Waals surface area (Å²) in [6.07, 6.45) is 0. The third kappa shape index (κ3) is 4.22. The number of esters is 1. The fourth-order valence-corrected chi connectivity index (χ4v) is 2.69. The zero-order chi connectivity index (χ0) is 18.4. The fourth-order valence-electron chi connectivity index (χ4n) is 2.40. The van der Waals surface area contributed by atoms with Gasteiger partial charge in [-0.2, -0.15) is 0 Å². The number of ether oxygens (including phenoxy) is 4. The van der Waals surface area contributed by atoms with Gasteiger partial charge in [0.2, 0.25) is 0 Å². The number of carbonyl (C=O) groups is 1. The Kier molecular flexibility index (Phi) is 6.64. The summed E-state index contributed by atoms with van der Waals surface area (Å²) in [5.74, 6) is 1.27. The maximum absolute atomic E-state index is 12.1. The molecule has 2 aromatic rings. The SMILES string of the molecule is CCOC(=O)c1cc(-c2c(OC)cc(OC)cc2OC)cc(CBr)n1. The molecule has 0 atom stereocenters. The normalized spacial score (nSPS) is 10.3. The molecule has 1 aromatic heterocycles. The van der Waals surface area contributed by atoms with E-state index in [0.29, 0.717) is 33.8 Å². The Morgan fingerprint density at radius 1 is 1.04 bits per heavy atom. The van der Waals surface area contributed by atoms with Gasteiger partial charge in [-0.05, 0) is 24.6 Å². The highest BCUT2D eigenvalue weighted by atomic mass is 79.9. The van der Waals surface area contributed by atoms with E-state index in [4.69, 9.17) is 18.9 Å². The molecule has 0 spiro atoms. The van der Waals surface area contributed by atoms with Crippen LogP contribution >= 0.6 is 15.9 Å². The molecule has 25 heavy (non-hydrogen) atoms. The zero-order valence-corrected chi connectivity index (χ0v) is 16.2. The van der Waals surface area contributed by atoms with Gasteiger partial charge in [0.15, 0.2) is 0 Å². The first-order valence-corrected chi connectivity index (χ1v) is 8.74. The lowest BCUT2D eigenvalue weighted by atomic mass is 10.0. The van der Waals surface area contributed by atoms with Gasteiger partial charge in [0.1, 0.15) is 22.9 Å². The molecule has 1 heterocycles. The summed E-state index contributed by atoms with van der Waals surface area (Å²) >= 11 is 3.38. The first-order valence-electron chi connectivity index (χ1n) is 7.62. The van der Waals surface area contributed by atoms with Crippen molar-refractivity contribution < 1.29 is 23.7 Å². The second-order valence-corrected chi connectivity index (χ2v) is 5.55. The highest BCUT2D eigenvalue weighted by molar-refractivity contribution is 9.08. The van der Waals surface area contributed by atoms with Crippen LogP contribution < -0.4 is 14.2 Å². The number of aromatic nitrogens is 1. The maximum atomic E-state index is 12.1. The van der Waals surface area contributed by atoms with E-state index in [1.165, 1.54) is 0 Å². The predicted octanol–water partition coefficient (Wildman–Crippen LogP) is 3.85. The number of hydrogen-bond acceptors (Lipinski definition) is 6. The van der Waals surface area contributed by atoms with Gasteiger partial charge in [-0.1, -0.05) is 15.9 Å². The van der Waals surface area contributed by atoms with Crippen molar-refractivity contribution in [2.75, 3.05) is 27.9 Å². The second-order valence-electron chi connectivity index (χ2n) is 4.99. The van der Waals surface area contributed by atoms with Crippen LogP contribution in [-0.4, -0.2) is 38.9 Å². The zero-order valence-electron chi connectivity index (χ0n) is 14.6. The average Bonchev–Trinajstić information content (AvgIpc) is 2.66. The summed E-state index contributed by atoms with van der Waals surface area (Å²) < 4.78 is 21.3. The number of benzene rings is 1.